The number of nitrogens with zero attached hydrogens (tertiary/aromatic N) is 2. The van der Waals surface area contributed by atoms with Crippen LogP contribution in [0.1, 0.15) is 19.4 Å². The largest absolute Gasteiger partial charge is 0.310 e. The lowest BCUT2D eigenvalue weighted by molar-refractivity contribution is 0.587. The molecule has 0 spiro atoms. The molecule has 4 heteroatoms. The Morgan fingerprint density at radius 1 is 1.14 bits per heavy atom. The van der Waals surface area contributed by atoms with Crippen LogP contribution < -0.4 is 5.32 Å². The molecule has 21 heavy (non-hydrogen) atoms. The second-order valence-electron chi connectivity index (χ2n) is 5.39. The first-order chi connectivity index (χ1) is 10.2. The predicted octanol–water partition coefficient (Wildman–Crippen LogP) is 4.18. The lowest BCUT2D eigenvalue weighted by Gasteiger charge is -2.15. The van der Waals surface area contributed by atoms with Crippen molar-refractivity contribution in [3.63, 3.8) is 0 Å². The zero-order valence-electron chi connectivity index (χ0n) is 12.2. The van der Waals surface area contributed by atoms with Crippen LogP contribution in [0.25, 0.3) is 16.6 Å². The molecule has 0 saturated carbocycles. The summed E-state index contributed by atoms with van der Waals surface area (Å²) in [6, 6.07) is 14.5. The molecule has 0 radical (unpaired) electrons. The highest BCUT2D eigenvalue weighted by molar-refractivity contribution is 6.31. The van der Waals surface area contributed by atoms with E-state index in [9.17, 15) is 0 Å². The summed E-state index contributed by atoms with van der Waals surface area (Å²) in [6.07, 6.45) is 1.88. The van der Waals surface area contributed by atoms with Crippen molar-refractivity contribution in [2.45, 2.75) is 26.4 Å². The van der Waals surface area contributed by atoms with Gasteiger partial charge in [0.15, 0.2) is 0 Å². The molecule has 0 amide bonds. The van der Waals surface area contributed by atoms with Gasteiger partial charge in [0.1, 0.15) is 0 Å². The van der Waals surface area contributed by atoms with E-state index in [1.165, 1.54) is 0 Å². The number of benzene rings is 2. The molecule has 1 heterocycles. The van der Waals surface area contributed by atoms with Gasteiger partial charge in [-0.15, -0.1) is 0 Å². The summed E-state index contributed by atoms with van der Waals surface area (Å²) in [5.41, 5.74) is 3.18. The van der Waals surface area contributed by atoms with Gasteiger partial charge in [-0.05, 0) is 18.2 Å². The van der Waals surface area contributed by atoms with E-state index in [0.29, 0.717) is 6.04 Å². The number of hydrogen-bond acceptors (Lipinski definition) is 2. The van der Waals surface area contributed by atoms with Crippen molar-refractivity contribution in [2.75, 3.05) is 0 Å². The van der Waals surface area contributed by atoms with E-state index in [0.717, 1.165) is 33.7 Å². The summed E-state index contributed by atoms with van der Waals surface area (Å²) < 4.78 is 1.96. The molecule has 108 valence electrons. The Bertz CT molecular complexity index is 762. The van der Waals surface area contributed by atoms with Crippen molar-refractivity contribution in [3.8, 4) is 5.69 Å². The Balaban J connectivity index is 2.11. The van der Waals surface area contributed by atoms with Gasteiger partial charge in [-0.3, -0.25) is 0 Å². The second-order valence-corrected chi connectivity index (χ2v) is 5.80. The molecule has 0 saturated heterocycles. The molecular weight excluding hydrogens is 282 g/mol. The summed E-state index contributed by atoms with van der Waals surface area (Å²) >= 11 is 6.40. The standard InChI is InChI=1S/C17H18ClN3/c1-12(2)19-11-14-15(18)7-5-9-17(14)21-16-8-4-3-6-13(16)10-20-21/h3-10,12,19H,11H2,1-2H3. The molecule has 0 fully saturated rings. The van der Waals surface area contributed by atoms with Crippen LogP contribution in [0.5, 0.6) is 0 Å². The van der Waals surface area contributed by atoms with E-state index in [-0.39, 0.29) is 0 Å². The van der Waals surface area contributed by atoms with Crippen molar-refractivity contribution in [3.05, 3.63) is 59.2 Å². The van der Waals surface area contributed by atoms with E-state index in [4.69, 9.17) is 11.6 Å². The molecule has 2 aromatic carbocycles. The topological polar surface area (TPSA) is 29.9 Å². The zero-order chi connectivity index (χ0) is 14.8. The molecule has 0 bridgehead atoms. The number of rotatable bonds is 4. The molecule has 0 atom stereocenters. The Morgan fingerprint density at radius 2 is 1.95 bits per heavy atom. The summed E-state index contributed by atoms with van der Waals surface area (Å²) in [4.78, 5) is 0. The molecule has 1 N–H and O–H groups in total. The lowest BCUT2D eigenvalue weighted by atomic mass is 10.1. The molecule has 3 aromatic rings. The van der Waals surface area contributed by atoms with Crippen molar-refractivity contribution in [1.29, 1.82) is 0 Å². The maximum absolute atomic E-state index is 6.40. The van der Waals surface area contributed by atoms with Crippen molar-refractivity contribution >= 4 is 22.5 Å². The Labute approximate surface area is 129 Å². The minimum absolute atomic E-state index is 0.406. The van der Waals surface area contributed by atoms with Crippen LogP contribution in [0.2, 0.25) is 5.02 Å². The Morgan fingerprint density at radius 3 is 2.76 bits per heavy atom. The van der Waals surface area contributed by atoms with Crippen molar-refractivity contribution in [2.24, 2.45) is 0 Å². The highest BCUT2D eigenvalue weighted by atomic mass is 35.5. The molecule has 0 unspecified atom stereocenters. The maximum Gasteiger partial charge on any atom is 0.0741 e. The smallest absolute Gasteiger partial charge is 0.0741 e. The van der Waals surface area contributed by atoms with E-state index in [1.54, 1.807) is 0 Å². The Kier molecular flexibility index (Phi) is 3.95. The number of nitrogens with one attached hydrogen (secondary N) is 1. The first-order valence-electron chi connectivity index (χ1n) is 7.10. The third kappa shape index (κ3) is 2.80. The van der Waals surface area contributed by atoms with Gasteiger partial charge in [-0.1, -0.05) is 49.7 Å². The normalized spacial score (nSPS) is 11.4. The zero-order valence-corrected chi connectivity index (χ0v) is 12.9. The number of aromatic nitrogens is 2. The average molecular weight is 300 g/mol. The summed E-state index contributed by atoms with van der Waals surface area (Å²) in [5, 5.41) is 9.84. The van der Waals surface area contributed by atoms with E-state index in [1.807, 2.05) is 35.1 Å². The molecule has 0 aliphatic carbocycles. The van der Waals surface area contributed by atoms with Gasteiger partial charge < -0.3 is 5.32 Å². The summed E-state index contributed by atoms with van der Waals surface area (Å²) in [6.45, 7) is 4.97. The Hall–Kier alpha value is -1.84. The molecule has 1 aromatic heterocycles. The SMILES string of the molecule is CC(C)NCc1c(Cl)cccc1-n1ncc2ccccc21. The molecule has 0 aliphatic rings. The van der Waals surface area contributed by atoms with E-state index < -0.39 is 0 Å². The van der Waals surface area contributed by atoms with Gasteiger partial charge in [0.25, 0.3) is 0 Å². The quantitative estimate of drug-likeness (QED) is 0.783. The fourth-order valence-electron chi connectivity index (χ4n) is 2.39. The van der Waals surface area contributed by atoms with Crippen LogP contribution >= 0.6 is 11.6 Å². The van der Waals surface area contributed by atoms with Crippen LogP contribution in [0, 0.1) is 0 Å². The third-order valence-corrected chi connectivity index (χ3v) is 3.84. The molecule has 3 rings (SSSR count). The van der Waals surface area contributed by atoms with Crippen molar-refractivity contribution in [1.82, 2.24) is 15.1 Å². The highest BCUT2D eigenvalue weighted by Crippen LogP contribution is 2.26. The number of hydrogen-bond donors (Lipinski definition) is 1. The van der Waals surface area contributed by atoms with E-state index >= 15 is 0 Å². The van der Waals surface area contributed by atoms with Crippen LogP contribution in [0.3, 0.4) is 0 Å². The third-order valence-electron chi connectivity index (χ3n) is 3.49. The molecular formula is C17H18ClN3. The van der Waals surface area contributed by atoms with Crippen LogP contribution in [-0.2, 0) is 6.54 Å². The predicted molar refractivity (Wildman–Crippen MR) is 88.1 cm³/mol. The van der Waals surface area contributed by atoms with Gasteiger partial charge in [0.05, 0.1) is 17.4 Å². The molecule has 0 aliphatic heterocycles. The van der Waals surface area contributed by atoms with Crippen LogP contribution in [0.15, 0.2) is 48.7 Å². The number of halogens is 1. The van der Waals surface area contributed by atoms with Crippen LogP contribution in [-0.4, -0.2) is 15.8 Å². The van der Waals surface area contributed by atoms with Gasteiger partial charge in [0, 0.05) is 28.6 Å². The molecule has 3 nitrogen and oxygen atoms in total. The fourth-order valence-corrected chi connectivity index (χ4v) is 2.63. The number of fused-ring (bicyclic) bond motifs is 1. The first kappa shape index (κ1) is 14.1. The fraction of sp³-hybridized carbons (Fsp3) is 0.235. The first-order valence-corrected chi connectivity index (χ1v) is 7.48. The second kappa shape index (κ2) is 5.88. The van der Waals surface area contributed by atoms with Crippen LogP contribution in [0.4, 0.5) is 0 Å². The average Bonchev–Trinajstić information content (AvgIpc) is 2.89. The van der Waals surface area contributed by atoms with Gasteiger partial charge >= 0.3 is 0 Å². The van der Waals surface area contributed by atoms with Gasteiger partial charge in [0.2, 0.25) is 0 Å². The van der Waals surface area contributed by atoms with Crippen molar-refractivity contribution < 1.29 is 0 Å². The summed E-state index contributed by atoms with van der Waals surface area (Å²) in [7, 11) is 0. The number of para-hydroxylation sites is 1. The van der Waals surface area contributed by atoms with Gasteiger partial charge in [-0.2, -0.15) is 5.10 Å². The summed E-state index contributed by atoms with van der Waals surface area (Å²) in [5.74, 6) is 0. The minimum Gasteiger partial charge on any atom is -0.310 e. The maximum atomic E-state index is 6.40. The minimum atomic E-state index is 0.406. The highest BCUT2D eigenvalue weighted by Gasteiger charge is 2.12. The van der Waals surface area contributed by atoms with E-state index in [2.05, 4.69) is 42.5 Å². The monoisotopic (exact) mass is 299 g/mol. The van der Waals surface area contributed by atoms with Gasteiger partial charge in [-0.25, -0.2) is 4.68 Å². The lowest BCUT2D eigenvalue weighted by Crippen LogP contribution is -2.23.